The molecule has 1 amide bonds. The highest BCUT2D eigenvalue weighted by Gasteiger charge is 2.25. The van der Waals surface area contributed by atoms with Crippen molar-refractivity contribution >= 4 is 17.6 Å². The third kappa shape index (κ3) is 4.69. The van der Waals surface area contributed by atoms with Crippen LogP contribution in [0.15, 0.2) is 42.6 Å². The van der Waals surface area contributed by atoms with E-state index < -0.39 is 16.8 Å². The Morgan fingerprint density at radius 3 is 2.50 bits per heavy atom. The molecule has 1 heterocycles. The Hall–Kier alpha value is -3.16. The first-order chi connectivity index (χ1) is 12.5. The van der Waals surface area contributed by atoms with Crippen LogP contribution >= 0.6 is 0 Å². The number of rotatable bonds is 8. The van der Waals surface area contributed by atoms with E-state index in [2.05, 4.69) is 0 Å². The summed E-state index contributed by atoms with van der Waals surface area (Å²) in [5.74, 6) is -0.988. The summed E-state index contributed by atoms with van der Waals surface area (Å²) in [5, 5.41) is 11.0. The topological polar surface area (TPSA) is 94.7 Å². The summed E-state index contributed by atoms with van der Waals surface area (Å²) in [5.41, 5.74) is 0.847. The number of aryl methyl sites for hydroxylation is 1. The van der Waals surface area contributed by atoms with Gasteiger partial charge in [0.2, 0.25) is 0 Å². The van der Waals surface area contributed by atoms with Crippen molar-refractivity contribution in [2.45, 2.75) is 26.9 Å². The van der Waals surface area contributed by atoms with Crippen molar-refractivity contribution in [3.05, 3.63) is 64.0 Å². The minimum Gasteiger partial charge on any atom is -0.465 e. The number of aromatic nitrogens is 1. The van der Waals surface area contributed by atoms with E-state index in [9.17, 15) is 19.7 Å². The van der Waals surface area contributed by atoms with E-state index in [-0.39, 0.29) is 31.1 Å². The van der Waals surface area contributed by atoms with Gasteiger partial charge in [-0.15, -0.1) is 0 Å². The van der Waals surface area contributed by atoms with Gasteiger partial charge in [-0.05, 0) is 19.4 Å². The molecule has 0 N–H and O–H groups in total. The largest absolute Gasteiger partial charge is 0.465 e. The van der Waals surface area contributed by atoms with Gasteiger partial charge in [0, 0.05) is 19.2 Å². The van der Waals surface area contributed by atoms with Gasteiger partial charge < -0.3 is 14.2 Å². The summed E-state index contributed by atoms with van der Waals surface area (Å²) < 4.78 is 6.45. The highest BCUT2D eigenvalue weighted by molar-refractivity contribution is 5.95. The quantitative estimate of drug-likeness (QED) is 0.410. The van der Waals surface area contributed by atoms with Crippen LogP contribution in [0.2, 0.25) is 0 Å². The predicted octanol–water partition coefficient (Wildman–Crippen LogP) is 2.62. The van der Waals surface area contributed by atoms with Crippen molar-refractivity contribution in [2.24, 2.45) is 0 Å². The molecule has 8 nitrogen and oxygen atoms in total. The van der Waals surface area contributed by atoms with E-state index in [1.165, 1.54) is 21.7 Å². The van der Waals surface area contributed by atoms with Crippen molar-refractivity contribution in [1.29, 1.82) is 0 Å². The van der Waals surface area contributed by atoms with Crippen LogP contribution in [0.5, 0.6) is 0 Å². The Labute approximate surface area is 151 Å². The first-order valence-electron chi connectivity index (χ1n) is 8.29. The zero-order valence-corrected chi connectivity index (χ0v) is 14.8. The zero-order chi connectivity index (χ0) is 19.1. The molecule has 138 valence electrons. The molecular weight excluding hydrogens is 338 g/mol. The van der Waals surface area contributed by atoms with Crippen molar-refractivity contribution in [3.63, 3.8) is 0 Å². The van der Waals surface area contributed by atoms with Crippen LogP contribution in [0.4, 0.5) is 5.69 Å². The lowest BCUT2D eigenvalue weighted by molar-refractivity contribution is -0.384. The van der Waals surface area contributed by atoms with Crippen LogP contribution < -0.4 is 0 Å². The Balaban J connectivity index is 2.32. The van der Waals surface area contributed by atoms with Crippen molar-refractivity contribution in [3.8, 4) is 0 Å². The SMILES string of the molecule is CCOC(=O)CN(Cc1ccccc1)C(=O)c1cc([N+](=O)[O-])cn1CC. The van der Waals surface area contributed by atoms with Gasteiger partial charge in [0.05, 0.1) is 17.7 Å². The molecule has 0 spiro atoms. The Morgan fingerprint density at radius 2 is 1.92 bits per heavy atom. The van der Waals surface area contributed by atoms with Gasteiger partial charge in [-0.1, -0.05) is 30.3 Å². The van der Waals surface area contributed by atoms with Gasteiger partial charge in [0.25, 0.3) is 11.6 Å². The Bertz CT molecular complexity index is 785. The second kappa shape index (κ2) is 8.80. The standard InChI is InChI=1S/C18H21N3O5/c1-3-19-12-15(21(24)25)10-16(19)18(23)20(13-17(22)26-4-2)11-14-8-6-5-7-9-14/h5-10,12H,3-4,11,13H2,1-2H3. The molecule has 0 saturated heterocycles. The number of hydrogen-bond acceptors (Lipinski definition) is 5. The maximum absolute atomic E-state index is 13.0. The van der Waals surface area contributed by atoms with Crippen LogP contribution in [-0.4, -0.2) is 39.4 Å². The number of hydrogen-bond donors (Lipinski definition) is 0. The molecule has 0 aliphatic carbocycles. The van der Waals surface area contributed by atoms with Crippen molar-refractivity contribution in [1.82, 2.24) is 9.47 Å². The average Bonchev–Trinajstić information content (AvgIpc) is 3.06. The molecule has 0 unspecified atom stereocenters. The average molecular weight is 359 g/mol. The van der Waals surface area contributed by atoms with Gasteiger partial charge in [-0.2, -0.15) is 0 Å². The summed E-state index contributed by atoms with van der Waals surface area (Å²) in [6.45, 7) is 4.04. The van der Waals surface area contributed by atoms with E-state index in [1.54, 1.807) is 13.8 Å². The van der Waals surface area contributed by atoms with Crippen LogP contribution in [0, 0.1) is 10.1 Å². The maximum atomic E-state index is 13.0. The molecule has 0 saturated carbocycles. The third-order valence-electron chi connectivity index (χ3n) is 3.78. The molecule has 1 aromatic heterocycles. The molecule has 0 aliphatic rings. The number of amides is 1. The first kappa shape index (κ1) is 19.2. The highest BCUT2D eigenvalue weighted by atomic mass is 16.6. The second-order valence-electron chi connectivity index (χ2n) is 5.58. The summed E-state index contributed by atoms with van der Waals surface area (Å²) in [6.07, 6.45) is 1.32. The van der Waals surface area contributed by atoms with Gasteiger partial charge in [0.1, 0.15) is 12.2 Å². The fraction of sp³-hybridized carbons (Fsp3) is 0.333. The van der Waals surface area contributed by atoms with Crippen LogP contribution in [0.25, 0.3) is 0 Å². The zero-order valence-electron chi connectivity index (χ0n) is 14.8. The molecule has 0 bridgehead atoms. The fourth-order valence-electron chi connectivity index (χ4n) is 2.56. The third-order valence-corrected chi connectivity index (χ3v) is 3.78. The van der Waals surface area contributed by atoms with E-state index >= 15 is 0 Å². The van der Waals surface area contributed by atoms with Crippen molar-refractivity contribution in [2.75, 3.05) is 13.2 Å². The monoisotopic (exact) mass is 359 g/mol. The maximum Gasteiger partial charge on any atom is 0.325 e. The molecular formula is C18H21N3O5. The van der Waals surface area contributed by atoms with E-state index in [1.807, 2.05) is 30.3 Å². The van der Waals surface area contributed by atoms with Crippen LogP contribution in [-0.2, 0) is 22.6 Å². The lowest BCUT2D eigenvalue weighted by Crippen LogP contribution is -2.37. The summed E-state index contributed by atoms with van der Waals surface area (Å²) >= 11 is 0. The smallest absolute Gasteiger partial charge is 0.325 e. The molecule has 8 heteroatoms. The number of esters is 1. The predicted molar refractivity (Wildman–Crippen MR) is 94.6 cm³/mol. The number of ether oxygens (including phenoxy) is 1. The molecule has 0 aliphatic heterocycles. The molecule has 26 heavy (non-hydrogen) atoms. The number of benzene rings is 1. The van der Waals surface area contributed by atoms with Gasteiger partial charge in [-0.3, -0.25) is 19.7 Å². The molecule has 0 radical (unpaired) electrons. The summed E-state index contributed by atoms with van der Waals surface area (Å²) in [7, 11) is 0. The summed E-state index contributed by atoms with van der Waals surface area (Å²) in [6, 6.07) is 10.4. The van der Waals surface area contributed by atoms with Crippen molar-refractivity contribution < 1.29 is 19.2 Å². The first-order valence-corrected chi connectivity index (χ1v) is 8.29. The molecule has 0 fully saturated rings. The lowest BCUT2D eigenvalue weighted by Gasteiger charge is -2.22. The number of nitrogens with zero attached hydrogens (tertiary/aromatic N) is 3. The molecule has 2 aromatic rings. The molecule has 2 rings (SSSR count). The molecule has 1 aromatic carbocycles. The minimum absolute atomic E-state index is 0.161. The number of carbonyl (C=O) groups excluding carboxylic acids is 2. The Kier molecular flexibility index (Phi) is 6.48. The van der Waals surface area contributed by atoms with Crippen LogP contribution in [0.3, 0.4) is 0 Å². The van der Waals surface area contributed by atoms with Gasteiger partial charge in [0.15, 0.2) is 0 Å². The number of carbonyl (C=O) groups is 2. The van der Waals surface area contributed by atoms with Gasteiger partial charge in [-0.25, -0.2) is 0 Å². The molecule has 0 atom stereocenters. The van der Waals surface area contributed by atoms with E-state index in [0.29, 0.717) is 6.54 Å². The van der Waals surface area contributed by atoms with E-state index in [4.69, 9.17) is 4.74 Å². The Morgan fingerprint density at radius 1 is 1.23 bits per heavy atom. The lowest BCUT2D eigenvalue weighted by atomic mass is 10.2. The van der Waals surface area contributed by atoms with Gasteiger partial charge >= 0.3 is 5.97 Å². The summed E-state index contributed by atoms with van der Waals surface area (Å²) in [4.78, 5) is 36.7. The fourth-order valence-corrected chi connectivity index (χ4v) is 2.56. The minimum atomic E-state index is -0.546. The van der Waals surface area contributed by atoms with E-state index in [0.717, 1.165) is 5.56 Å². The normalized spacial score (nSPS) is 10.4. The highest BCUT2D eigenvalue weighted by Crippen LogP contribution is 2.19. The number of nitro groups is 1. The van der Waals surface area contributed by atoms with Crippen LogP contribution in [0.1, 0.15) is 29.9 Å². The second-order valence-corrected chi connectivity index (χ2v) is 5.58.